The zero-order valence-electron chi connectivity index (χ0n) is 17.2. The number of hydrogen-bond acceptors (Lipinski definition) is 7. The number of methoxy groups -OCH3 is 2. The van der Waals surface area contributed by atoms with Crippen LogP contribution in [-0.4, -0.2) is 30.5 Å². The van der Waals surface area contributed by atoms with Gasteiger partial charge in [-0.25, -0.2) is 4.99 Å². The summed E-state index contributed by atoms with van der Waals surface area (Å²) in [4.78, 5) is 31.5. The molecule has 0 radical (unpaired) electrons. The lowest BCUT2D eigenvalue weighted by atomic mass is 9.81. The molecule has 31 heavy (non-hydrogen) atoms. The molecule has 8 heteroatoms. The van der Waals surface area contributed by atoms with Crippen molar-refractivity contribution in [2.75, 3.05) is 14.2 Å². The summed E-state index contributed by atoms with van der Waals surface area (Å²) in [6.07, 6.45) is 1.82. The van der Waals surface area contributed by atoms with Crippen LogP contribution in [0, 0.1) is 5.92 Å². The highest BCUT2D eigenvalue weighted by Crippen LogP contribution is 2.47. The van der Waals surface area contributed by atoms with Crippen molar-refractivity contribution in [3.8, 4) is 11.5 Å². The monoisotopic (exact) mass is 436 g/mol. The van der Waals surface area contributed by atoms with E-state index in [1.165, 1.54) is 18.4 Å². The Bertz CT molecular complexity index is 1360. The molecule has 7 nitrogen and oxygen atoms in total. The maximum Gasteiger partial charge on any atom is 0.317 e. The Labute approximate surface area is 181 Å². The summed E-state index contributed by atoms with van der Waals surface area (Å²) in [5.41, 5.74) is 0.271. The average molecular weight is 436 g/mol. The number of benzene rings is 2. The number of rotatable bonds is 3. The number of aromatic nitrogens is 1. The van der Waals surface area contributed by atoms with Gasteiger partial charge in [0.2, 0.25) is 5.72 Å². The number of esters is 1. The van der Waals surface area contributed by atoms with Crippen LogP contribution in [0.5, 0.6) is 11.5 Å². The lowest BCUT2D eigenvalue weighted by molar-refractivity contribution is -0.158. The number of para-hydroxylation sites is 1. The van der Waals surface area contributed by atoms with Gasteiger partial charge in [0.15, 0.2) is 4.80 Å². The van der Waals surface area contributed by atoms with Crippen LogP contribution in [0.15, 0.2) is 58.3 Å². The number of carbonyl (C=O) groups excluding carboxylic acids is 1. The predicted molar refractivity (Wildman–Crippen MR) is 115 cm³/mol. The summed E-state index contributed by atoms with van der Waals surface area (Å²) in [6.45, 7) is 1.76. The maximum absolute atomic E-state index is 13.5. The van der Waals surface area contributed by atoms with Crippen LogP contribution >= 0.6 is 11.3 Å². The summed E-state index contributed by atoms with van der Waals surface area (Å²) in [6, 6.07) is 14.3. The molecule has 2 aromatic carbocycles. The molecule has 3 atom stereocenters. The van der Waals surface area contributed by atoms with Gasteiger partial charge < -0.3 is 14.2 Å². The minimum Gasteiger partial charge on any atom is -0.497 e. The molecule has 2 aliphatic rings. The number of hydrogen-bond donors (Lipinski definition) is 0. The third-order valence-corrected chi connectivity index (χ3v) is 6.73. The molecule has 0 fully saturated rings. The molecule has 0 aliphatic carbocycles. The number of ether oxygens (including phenoxy) is 3. The first-order valence-electron chi connectivity index (χ1n) is 9.78. The van der Waals surface area contributed by atoms with E-state index in [2.05, 4.69) is 0 Å². The van der Waals surface area contributed by atoms with Gasteiger partial charge in [0.05, 0.1) is 24.8 Å². The van der Waals surface area contributed by atoms with Crippen molar-refractivity contribution in [2.45, 2.75) is 18.7 Å². The van der Waals surface area contributed by atoms with Gasteiger partial charge in [0.25, 0.3) is 5.56 Å². The van der Waals surface area contributed by atoms with Crippen LogP contribution in [-0.2, 0) is 9.53 Å². The highest BCUT2D eigenvalue weighted by Gasteiger charge is 2.55. The Morgan fingerprint density at radius 1 is 1.19 bits per heavy atom. The van der Waals surface area contributed by atoms with E-state index in [9.17, 15) is 9.59 Å². The molecule has 0 saturated carbocycles. The van der Waals surface area contributed by atoms with Gasteiger partial charge in [-0.2, -0.15) is 0 Å². The standard InChI is InChI=1S/C23H20N2O5S/c1-23-18(21(27)29-3)19(15-6-4-5-7-16(15)30-23)25-20(26)17(31-22(25)24-23)12-13-8-10-14(28-2)11-9-13/h4-12,18-19H,1-3H3/b17-12+/t18-,19-,23-/m0/s1. The Hall–Kier alpha value is -3.39. The maximum atomic E-state index is 13.5. The second-order valence-electron chi connectivity index (χ2n) is 7.59. The Kier molecular flexibility index (Phi) is 4.48. The highest BCUT2D eigenvalue weighted by atomic mass is 32.1. The Morgan fingerprint density at radius 2 is 1.94 bits per heavy atom. The first-order chi connectivity index (χ1) is 14.9. The topological polar surface area (TPSA) is 79.1 Å². The highest BCUT2D eigenvalue weighted by molar-refractivity contribution is 7.07. The summed E-state index contributed by atoms with van der Waals surface area (Å²) in [7, 11) is 2.94. The van der Waals surface area contributed by atoms with Gasteiger partial charge in [-0.15, -0.1) is 0 Å². The molecule has 158 valence electrons. The normalized spacial score (nSPS) is 23.8. The zero-order valence-corrected chi connectivity index (χ0v) is 18.0. The van der Waals surface area contributed by atoms with E-state index in [4.69, 9.17) is 19.2 Å². The number of carbonyl (C=O) groups is 1. The summed E-state index contributed by atoms with van der Waals surface area (Å²) in [5.74, 6) is 0.116. The second-order valence-corrected chi connectivity index (χ2v) is 8.60. The molecule has 0 spiro atoms. The van der Waals surface area contributed by atoms with Crippen LogP contribution in [0.3, 0.4) is 0 Å². The molecule has 5 rings (SSSR count). The number of fused-ring (bicyclic) bond motifs is 6. The zero-order chi connectivity index (χ0) is 21.8. The van der Waals surface area contributed by atoms with Crippen molar-refractivity contribution in [3.05, 3.63) is 79.3 Å². The van der Waals surface area contributed by atoms with E-state index >= 15 is 0 Å². The molecule has 0 saturated heterocycles. The molecular formula is C23H20N2O5S. The third kappa shape index (κ3) is 2.97. The lowest BCUT2D eigenvalue weighted by Gasteiger charge is -2.44. The van der Waals surface area contributed by atoms with E-state index in [0.29, 0.717) is 15.1 Å². The molecule has 3 heterocycles. The van der Waals surface area contributed by atoms with Crippen LogP contribution in [0.1, 0.15) is 24.1 Å². The van der Waals surface area contributed by atoms with Gasteiger partial charge in [0.1, 0.15) is 17.4 Å². The van der Waals surface area contributed by atoms with E-state index < -0.39 is 23.7 Å². The minimum absolute atomic E-state index is 0.197. The molecule has 0 unspecified atom stereocenters. The van der Waals surface area contributed by atoms with Gasteiger partial charge in [-0.3, -0.25) is 14.2 Å². The molecular weight excluding hydrogens is 416 g/mol. The van der Waals surface area contributed by atoms with Crippen molar-refractivity contribution in [2.24, 2.45) is 10.9 Å². The fourth-order valence-electron chi connectivity index (χ4n) is 4.28. The quantitative estimate of drug-likeness (QED) is 0.586. The van der Waals surface area contributed by atoms with E-state index in [-0.39, 0.29) is 5.56 Å². The van der Waals surface area contributed by atoms with Crippen molar-refractivity contribution in [3.63, 3.8) is 0 Å². The average Bonchev–Trinajstić information content (AvgIpc) is 3.06. The smallest absolute Gasteiger partial charge is 0.317 e. The lowest BCUT2D eigenvalue weighted by Crippen LogP contribution is -2.58. The molecule has 3 aromatic rings. The first-order valence-corrected chi connectivity index (χ1v) is 10.6. The van der Waals surface area contributed by atoms with E-state index in [1.807, 2.05) is 54.6 Å². The van der Waals surface area contributed by atoms with Gasteiger partial charge in [-0.1, -0.05) is 41.7 Å². The van der Waals surface area contributed by atoms with Crippen LogP contribution < -0.4 is 24.4 Å². The van der Waals surface area contributed by atoms with Crippen LogP contribution in [0.2, 0.25) is 0 Å². The fourth-order valence-corrected chi connectivity index (χ4v) is 5.38. The SMILES string of the molecule is COC(=O)[C@@H]1[C@@H]2c3ccccc3O[C@]1(C)N=c1s/c(=C/c3ccc(OC)cc3)c(=O)n12. The summed E-state index contributed by atoms with van der Waals surface area (Å²) >= 11 is 1.28. The third-order valence-electron chi connectivity index (χ3n) is 5.75. The van der Waals surface area contributed by atoms with Gasteiger partial charge >= 0.3 is 5.97 Å². The van der Waals surface area contributed by atoms with Crippen LogP contribution in [0.25, 0.3) is 6.08 Å². The van der Waals surface area contributed by atoms with Crippen molar-refractivity contribution < 1.29 is 19.0 Å². The summed E-state index contributed by atoms with van der Waals surface area (Å²) in [5, 5.41) is 0. The van der Waals surface area contributed by atoms with E-state index in [1.54, 1.807) is 18.6 Å². The van der Waals surface area contributed by atoms with Crippen LogP contribution in [0.4, 0.5) is 0 Å². The van der Waals surface area contributed by atoms with Crippen molar-refractivity contribution in [1.82, 2.24) is 4.57 Å². The van der Waals surface area contributed by atoms with Gasteiger partial charge in [-0.05, 0) is 36.8 Å². The van der Waals surface area contributed by atoms with E-state index in [0.717, 1.165) is 16.9 Å². The number of thiazole rings is 1. The molecule has 0 amide bonds. The van der Waals surface area contributed by atoms with Crippen molar-refractivity contribution >= 4 is 23.4 Å². The molecule has 1 aromatic heterocycles. The van der Waals surface area contributed by atoms with Gasteiger partial charge in [0, 0.05) is 5.56 Å². The fraction of sp³-hybridized carbons (Fsp3) is 0.261. The molecule has 2 bridgehead atoms. The first kappa shape index (κ1) is 19.6. The Balaban J connectivity index is 1.75. The summed E-state index contributed by atoms with van der Waals surface area (Å²) < 4.78 is 18.6. The second kappa shape index (κ2) is 7.09. The van der Waals surface area contributed by atoms with Crippen molar-refractivity contribution in [1.29, 1.82) is 0 Å². The largest absolute Gasteiger partial charge is 0.497 e. The Morgan fingerprint density at radius 3 is 2.65 bits per heavy atom. The molecule has 0 N–H and O–H groups in total. The minimum atomic E-state index is -1.17. The molecule has 2 aliphatic heterocycles. The number of nitrogens with zero attached hydrogens (tertiary/aromatic N) is 2. The predicted octanol–water partition coefficient (Wildman–Crippen LogP) is 1.87.